The number of hydrogen-bond donors (Lipinski definition) is 0. The largest absolute Gasteiger partial charge is 0.493 e. The number of rotatable bonds is 1. The summed E-state index contributed by atoms with van der Waals surface area (Å²) < 4.78 is 5.56. The first-order chi connectivity index (χ1) is 11.4. The van der Waals surface area contributed by atoms with Gasteiger partial charge in [-0.15, -0.1) is 0 Å². The van der Waals surface area contributed by atoms with Crippen molar-refractivity contribution in [3.63, 3.8) is 0 Å². The molecule has 128 valence electrons. The van der Waals surface area contributed by atoms with E-state index in [0.717, 1.165) is 37.7 Å². The highest BCUT2D eigenvalue weighted by Gasteiger charge is 2.67. The van der Waals surface area contributed by atoms with Crippen LogP contribution >= 0.6 is 0 Å². The summed E-state index contributed by atoms with van der Waals surface area (Å²) in [5.74, 6) is 3.49. The molecule has 0 aromatic carbocycles. The van der Waals surface area contributed by atoms with Gasteiger partial charge in [-0.25, -0.2) is 0 Å². The van der Waals surface area contributed by atoms with Crippen molar-refractivity contribution in [3.8, 4) is 0 Å². The number of hydrogen-bond acceptors (Lipinski definition) is 3. The van der Waals surface area contributed by atoms with Gasteiger partial charge in [0.1, 0.15) is 5.78 Å². The first-order valence-corrected chi connectivity index (χ1v) is 9.47. The minimum atomic E-state index is -0.111. The van der Waals surface area contributed by atoms with Crippen molar-refractivity contribution in [2.45, 2.75) is 46.0 Å². The molecular formula is C21H26O3. The van der Waals surface area contributed by atoms with Gasteiger partial charge in [-0.3, -0.25) is 9.59 Å². The van der Waals surface area contributed by atoms with E-state index in [2.05, 4.69) is 26.0 Å². The fourth-order valence-corrected chi connectivity index (χ4v) is 6.98. The minimum absolute atomic E-state index is 0.0519. The van der Waals surface area contributed by atoms with Gasteiger partial charge in [-0.2, -0.15) is 0 Å². The molecule has 0 amide bonds. The Morgan fingerprint density at radius 3 is 2.67 bits per heavy atom. The van der Waals surface area contributed by atoms with Crippen LogP contribution in [0.4, 0.5) is 0 Å². The summed E-state index contributed by atoms with van der Waals surface area (Å²) in [5, 5.41) is 0. The van der Waals surface area contributed by atoms with Crippen LogP contribution in [-0.4, -0.2) is 18.7 Å². The van der Waals surface area contributed by atoms with Crippen LogP contribution in [0.5, 0.6) is 0 Å². The molecule has 0 aromatic rings. The molecule has 7 atom stereocenters. The molecule has 0 aromatic heterocycles. The van der Waals surface area contributed by atoms with E-state index in [-0.39, 0.29) is 22.5 Å². The van der Waals surface area contributed by atoms with E-state index >= 15 is 0 Å². The van der Waals surface area contributed by atoms with E-state index in [9.17, 15) is 9.59 Å². The number of ketones is 2. The summed E-state index contributed by atoms with van der Waals surface area (Å²) >= 11 is 0. The van der Waals surface area contributed by atoms with Crippen LogP contribution in [0.25, 0.3) is 0 Å². The molecule has 5 aliphatic rings. The second kappa shape index (κ2) is 4.42. The normalized spacial score (nSPS) is 51.7. The van der Waals surface area contributed by atoms with Crippen molar-refractivity contribution in [1.82, 2.24) is 0 Å². The predicted molar refractivity (Wildman–Crippen MR) is 89.9 cm³/mol. The van der Waals surface area contributed by atoms with E-state index in [4.69, 9.17) is 4.74 Å². The lowest BCUT2D eigenvalue weighted by Crippen LogP contribution is -2.50. The van der Waals surface area contributed by atoms with E-state index < -0.39 is 0 Å². The molecule has 5 aliphatic carbocycles. The lowest BCUT2D eigenvalue weighted by atomic mass is 9.49. The molecule has 0 N–H and O–H groups in total. The summed E-state index contributed by atoms with van der Waals surface area (Å²) in [4.78, 5) is 25.1. The summed E-state index contributed by atoms with van der Waals surface area (Å²) in [5.41, 5.74) is 1.08. The van der Waals surface area contributed by atoms with Gasteiger partial charge in [0.15, 0.2) is 5.76 Å². The second-order valence-corrected chi connectivity index (χ2v) is 9.11. The predicted octanol–water partition coefficient (Wildman–Crippen LogP) is 3.69. The molecule has 3 nitrogen and oxygen atoms in total. The third-order valence-corrected chi connectivity index (χ3v) is 8.45. The molecule has 24 heavy (non-hydrogen) atoms. The fourth-order valence-electron chi connectivity index (χ4n) is 6.98. The first kappa shape index (κ1) is 14.9. The van der Waals surface area contributed by atoms with Gasteiger partial charge in [0.05, 0.1) is 7.11 Å². The molecule has 0 radical (unpaired) electrons. The Bertz CT molecular complexity index is 717. The lowest BCUT2D eigenvalue weighted by Gasteiger charge is -2.54. The van der Waals surface area contributed by atoms with Gasteiger partial charge in [-0.1, -0.05) is 26.0 Å². The number of carbonyl (C=O) groups excluding carboxylic acids is 2. The maximum atomic E-state index is 12.6. The van der Waals surface area contributed by atoms with Crippen LogP contribution in [-0.2, 0) is 14.3 Å². The van der Waals surface area contributed by atoms with E-state index in [0.29, 0.717) is 35.2 Å². The van der Waals surface area contributed by atoms with E-state index in [1.807, 2.05) is 0 Å². The SMILES string of the molecule is COC1=C2C=C[C@H]3[C@@H]4CCC(=O)[C@@]4(C)CC[C@@H]3[C@@]2(C)C2C[C@@H]2C1=O. The standard InChI is InChI=1S/C21H26O3/c1-20-9-8-14-11(13(20)6-7-17(20)22)4-5-15-19(24-3)18(23)12-10-16(12)21(14,15)2/h4-5,11-14,16H,6-10H2,1-3H3/t11-,12-,13-,14-,16?,20-,21+/m0/s1. The van der Waals surface area contributed by atoms with Crippen LogP contribution in [0.3, 0.4) is 0 Å². The van der Waals surface area contributed by atoms with Crippen molar-refractivity contribution in [2.24, 2.45) is 40.4 Å². The highest BCUT2D eigenvalue weighted by atomic mass is 16.5. The summed E-state index contributed by atoms with van der Waals surface area (Å²) in [6.45, 7) is 4.58. The third kappa shape index (κ3) is 1.51. The molecule has 0 spiro atoms. The molecule has 0 heterocycles. The van der Waals surface area contributed by atoms with Gasteiger partial charge >= 0.3 is 0 Å². The van der Waals surface area contributed by atoms with Gasteiger partial charge in [0.2, 0.25) is 5.78 Å². The van der Waals surface area contributed by atoms with Gasteiger partial charge in [-0.05, 0) is 49.4 Å². The number of fused-ring (bicyclic) bond motifs is 7. The molecule has 0 saturated heterocycles. The quantitative estimate of drug-likeness (QED) is 0.738. The van der Waals surface area contributed by atoms with Gasteiger partial charge in [0.25, 0.3) is 0 Å². The summed E-state index contributed by atoms with van der Waals surface area (Å²) in [6.07, 6.45) is 9.43. The van der Waals surface area contributed by atoms with Crippen molar-refractivity contribution < 1.29 is 14.3 Å². The maximum absolute atomic E-state index is 12.6. The van der Waals surface area contributed by atoms with Crippen LogP contribution in [0.15, 0.2) is 23.5 Å². The highest BCUT2D eigenvalue weighted by molar-refractivity contribution is 6.00. The zero-order valence-corrected chi connectivity index (χ0v) is 14.8. The minimum Gasteiger partial charge on any atom is -0.493 e. The average Bonchev–Trinajstić information content (AvgIpc) is 3.31. The molecule has 1 unspecified atom stereocenters. The van der Waals surface area contributed by atoms with Crippen LogP contribution in [0.1, 0.15) is 46.0 Å². The second-order valence-electron chi connectivity index (χ2n) is 9.11. The van der Waals surface area contributed by atoms with Gasteiger partial charge < -0.3 is 4.74 Å². The van der Waals surface area contributed by atoms with E-state index in [1.165, 1.54) is 0 Å². The Kier molecular flexibility index (Phi) is 2.75. The molecular weight excluding hydrogens is 300 g/mol. The molecule has 5 rings (SSSR count). The average molecular weight is 326 g/mol. The van der Waals surface area contributed by atoms with Crippen LogP contribution < -0.4 is 0 Å². The van der Waals surface area contributed by atoms with Crippen molar-refractivity contribution in [1.29, 1.82) is 0 Å². The Morgan fingerprint density at radius 1 is 1.12 bits per heavy atom. The van der Waals surface area contributed by atoms with Gasteiger partial charge in [0, 0.05) is 28.7 Å². The maximum Gasteiger partial charge on any atom is 0.201 e. The molecule has 3 heteroatoms. The zero-order valence-electron chi connectivity index (χ0n) is 14.8. The number of allylic oxidation sites excluding steroid dienone is 4. The molecule has 0 bridgehead atoms. The first-order valence-electron chi connectivity index (χ1n) is 9.47. The monoisotopic (exact) mass is 326 g/mol. The summed E-state index contributed by atoms with van der Waals surface area (Å²) in [7, 11) is 1.64. The number of methoxy groups -OCH3 is 1. The Balaban J connectivity index is 1.64. The van der Waals surface area contributed by atoms with E-state index in [1.54, 1.807) is 7.11 Å². The van der Waals surface area contributed by atoms with Crippen LogP contribution in [0, 0.1) is 40.4 Å². The Labute approximate surface area is 143 Å². The van der Waals surface area contributed by atoms with Crippen LogP contribution in [0.2, 0.25) is 0 Å². The molecule has 3 saturated carbocycles. The molecule has 0 aliphatic heterocycles. The molecule has 3 fully saturated rings. The number of carbonyl (C=O) groups is 2. The highest BCUT2D eigenvalue weighted by Crippen LogP contribution is 2.70. The topological polar surface area (TPSA) is 43.4 Å². The summed E-state index contributed by atoms with van der Waals surface area (Å²) in [6, 6.07) is 0. The van der Waals surface area contributed by atoms with Crippen molar-refractivity contribution in [2.75, 3.05) is 7.11 Å². The zero-order chi connectivity index (χ0) is 16.9. The third-order valence-electron chi connectivity index (χ3n) is 8.45. The smallest absolute Gasteiger partial charge is 0.201 e. The fraction of sp³-hybridized carbons (Fsp3) is 0.714. The van der Waals surface area contributed by atoms with Crippen molar-refractivity contribution >= 4 is 11.6 Å². The van der Waals surface area contributed by atoms with Crippen molar-refractivity contribution in [3.05, 3.63) is 23.5 Å². The Hall–Kier alpha value is -1.38. The lowest BCUT2D eigenvalue weighted by molar-refractivity contribution is -0.130. The number of Topliss-reactive ketones (excluding diaryl/α,β-unsaturated/α-hetero) is 2. The Morgan fingerprint density at radius 2 is 1.92 bits per heavy atom. The number of ether oxygens (including phenoxy) is 1.